The Labute approximate surface area is 259 Å². The number of allylic oxidation sites excluding steroid dienone is 1. The third-order valence-corrected chi connectivity index (χ3v) is 11.5. The lowest BCUT2D eigenvalue weighted by atomic mass is 9.44. The average Bonchev–Trinajstić information content (AvgIpc) is 3.31. The van der Waals surface area contributed by atoms with Gasteiger partial charge in [-0.2, -0.15) is 0 Å². The van der Waals surface area contributed by atoms with Crippen LogP contribution in [0.5, 0.6) is 11.5 Å². The van der Waals surface area contributed by atoms with Gasteiger partial charge < -0.3 is 19.8 Å². The summed E-state index contributed by atoms with van der Waals surface area (Å²) in [5, 5.41) is 21.5. The minimum Gasteiger partial charge on any atom is -0.508 e. The number of carbonyl (C=O) groups is 1. The summed E-state index contributed by atoms with van der Waals surface area (Å²) in [5.74, 6) is 2.40. The maximum absolute atomic E-state index is 12.1. The minimum atomic E-state index is -0.288. The Hall–Kier alpha value is -2.79. The van der Waals surface area contributed by atoms with Crippen LogP contribution in [0, 0.1) is 16.7 Å². The highest BCUT2D eigenvalue weighted by atomic mass is 16.5. The lowest BCUT2D eigenvalue weighted by Gasteiger charge is -2.60. The van der Waals surface area contributed by atoms with Crippen molar-refractivity contribution in [1.82, 2.24) is 4.90 Å². The Balaban J connectivity index is 1.22. The molecule has 3 aliphatic carbocycles. The summed E-state index contributed by atoms with van der Waals surface area (Å²) in [6.07, 6.45) is 12.7. The van der Waals surface area contributed by atoms with E-state index >= 15 is 0 Å². The summed E-state index contributed by atoms with van der Waals surface area (Å²) in [6, 6.07) is 14.9. The van der Waals surface area contributed by atoms with Gasteiger partial charge in [-0.05, 0) is 122 Å². The van der Waals surface area contributed by atoms with Crippen molar-refractivity contribution < 1.29 is 19.7 Å². The summed E-state index contributed by atoms with van der Waals surface area (Å²) in [4.78, 5) is 14.0. The molecular formula is C38H53NO4. The third kappa shape index (κ3) is 6.12. The van der Waals surface area contributed by atoms with E-state index in [1.54, 1.807) is 0 Å². The number of aryl methyl sites for hydroxylation is 1. The number of phenols is 1. The molecule has 5 heteroatoms. The molecule has 0 aromatic heterocycles. The Bertz CT molecular complexity index is 1270. The summed E-state index contributed by atoms with van der Waals surface area (Å²) in [6.45, 7) is 11.5. The van der Waals surface area contributed by atoms with Crippen molar-refractivity contribution in [3.8, 4) is 11.5 Å². The van der Waals surface area contributed by atoms with Crippen LogP contribution in [0.1, 0.15) is 114 Å². The highest BCUT2D eigenvalue weighted by molar-refractivity contribution is 5.76. The van der Waals surface area contributed by atoms with Crippen LogP contribution in [-0.2, 0) is 11.2 Å². The molecule has 2 unspecified atom stereocenters. The molecule has 5 rings (SSSR count). The first-order valence-electron chi connectivity index (χ1n) is 16.7. The number of carbonyl (C=O) groups excluding carboxylic acids is 1. The molecule has 0 bridgehead atoms. The van der Waals surface area contributed by atoms with Gasteiger partial charge >= 0.3 is 0 Å². The highest BCUT2D eigenvalue weighted by Gasteiger charge is 2.63. The van der Waals surface area contributed by atoms with Gasteiger partial charge in [0.2, 0.25) is 5.91 Å². The van der Waals surface area contributed by atoms with Gasteiger partial charge in [0.05, 0.1) is 12.7 Å². The minimum absolute atomic E-state index is 0.0775. The molecule has 0 spiro atoms. The quantitative estimate of drug-likeness (QED) is 0.194. The maximum atomic E-state index is 12.1. The standard InChI is InChI=1S/C38H53NO4/c1-6-38-22-21-28-24-29(40)15-18-31(28)36(38)32(25-37(4)33(38)19-20-34(37)41)27-13-16-30(17-14-27)43-23-11-9-7-8-10-12-35(42)39(5)26(2)3/h6,13-18,24,26,32-34,36,40-41H,1,7-12,19-23,25H2,2-5H3/t32-,33?,34+,36?,37+,38+/m1/s1. The van der Waals surface area contributed by atoms with E-state index in [4.69, 9.17) is 4.74 Å². The normalized spacial score (nSPS) is 29.4. The number of rotatable bonds is 12. The van der Waals surface area contributed by atoms with Crippen LogP contribution in [0.2, 0.25) is 0 Å². The summed E-state index contributed by atoms with van der Waals surface area (Å²) in [5.41, 5.74) is 3.67. The number of aromatic hydroxyl groups is 1. The molecule has 6 atom stereocenters. The number of hydrogen-bond donors (Lipinski definition) is 2. The summed E-state index contributed by atoms with van der Waals surface area (Å²) >= 11 is 0. The second kappa shape index (κ2) is 13.1. The van der Waals surface area contributed by atoms with Crippen molar-refractivity contribution in [2.24, 2.45) is 16.7 Å². The van der Waals surface area contributed by atoms with Crippen LogP contribution in [0.3, 0.4) is 0 Å². The molecule has 3 aliphatic rings. The lowest BCUT2D eigenvalue weighted by molar-refractivity contribution is -0.131. The number of benzene rings is 2. The molecule has 2 aromatic rings. The van der Waals surface area contributed by atoms with Crippen molar-refractivity contribution in [2.75, 3.05) is 13.7 Å². The van der Waals surface area contributed by atoms with E-state index in [0.717, 1.165) is 70.0 Å². The Morgan fingerprint density at radius 3 is 2.53 bits per heavy atom. The molecule has 234 valence electrons. The van der Waals surface area contributed by atoms with E-state index in [1.807, 2.05) is 37.9 Å². The fraction of sp³-hybridized carbons (Fsp3) is 0.605. The molecule has 2 fully saturated rings. The number of hydrogen-bond acceptors (Lipinski definition) is 4. The molecule has 0 aliphatic heterocycles. The van der Waals surface area contributed by atoms with Crippen LogP contribution in [0.15, 0.2) is 55.1 Å². The SMILES string of the molecule is C=C[C@@]12CCc3cc(O)ccc3C1[C@@H](c1ccc(OCCCCCCCC(=O)N(C)C(C)C)cc1)C[C@@]1(C)C2CC[C@@H]1O. The predicted molar refractivity (Wildman–Crippen MR) is 174 cm³/mol. The number of nitrogens with zero attached hydrogens (tertiary/aromatic N) is 1. The second-order valence-electron chi connectivity index (χ2n) is 14.2. The first-order chi connectivity index (χ1) is 20.6. The number of unbranched alkanes of at least 4 members (excludes halogenated alkanes) is 4. The van der Waals surface area contributed by atoms with Crippen LogP contribution in [0.4, 0.5) is 0 Å². The molecule has 0 saturated heterocycles. The molecule has 0 radical (unpaired) electrons. The number of aliphatic hydroxyl groups is 1. The first kappa shape index (κ1) is 31.6. The zero-order valence-corrected chi connectivity index (χ0v) is 26.9. The van der Waals surface area contributed by atoms with Gasteiger partial charge in [0.1, 0.15) is 11.5 Å². The number of fused-ring (bicyclic) bond motifs is 5. The molecule has 43 heavy (non-hydrogen) atoms. The molecule has 2 saturated carbocycles. The Morgan fingerprint density at radius 1 is 1.09 bits per heavy atom. The Kier molecular flexibility index (Phi) is 9.61. The van der Waals surface area contributed by atoms with E-state index in [2.05, 4.69) is 49.9 Å². The van der Waals surface area contributed by atoms with Gasteiger partial charge in [-0.15, -0.1) is 6.58 Å². The molecule has 0 heterocycles. The smallest absolute Gasteiger partial charge is 0.222 e. The zero-order chi connectivity index (χ0) is 30.8. The molecular weight excluding hydrogens is 534 g/mol. The van der Waals surface area contributed by atoms with Crippen molar-refractivity contribution >= 4 is 5.91 Å². The largest absolute Gasteiger partial charge is 0.508 e. The van der Waals surface area contributed by atoms with Gasteiger partial charge in [-0.25, -0.2) is 0 Å². The van der Waals surface area contributed by atoms with Gasteiger partial charge in [0.15, 0.2) is 0 Å². The molecule has 1 amide bonds. The summed E-state index contributed by atoms with van der Waals surface area (Å²) in [7, 11) is 1.89. The fourth-order valence-electron chi connectivity index (χ4n) is 8.92. The van der Waals surface area contributed by atoms with E-state index in [0.29, 0.717) is 24.7 Å². The van der Waals surface area contributed by atoms with Crippen molar-refractivity contribution in [3.05, 3.63) is 71.8 Å². The van der Waals surface area contributed by atoms with Crippen LogP contribution >= 0.6 is 0 Å². The van der Waals surface area contributed by atoms with Crippen LogP contribution in [0.25, 0.3) is 0 Å². The van der Waals surface area contributed by atoms with E-state index in [9.17, 15) is 15.0 Å². The zero-order valence-electron chi connectivity index (χ0n) is 26.9. The van der Waals surface area contributed by atoms with Crippen molar-refractivity contribution in [1.29, 1.82) is 0 Å². The Morgan fingerprint density at radius 2 is 1.81 bits per heavy atom. The van der Waals surface area contributed by atoms with Gasteiger partial charge in [0.25, 0.3) is 0 Å². The molecule has 2 N–H and O–H groups in total. The molecule has 2 aromatic carbocycles. The van der Waals surface area contributed by atoms with Crippen LogP contribution in [-0.4, -0.2) is 46.8 Å². The van der Waals surface area contributed by atoms with E-state index in [-0.39, 0.29) is 40.7 Å². The number of aliphatic hydroxyl groups excluding tert-OH is 1. The third-order valence-electron chi connectivity index (χ3n) is 11.5. The van der Waals surface area contributed by atoms with Gasteiger partial charge in [-0.3, -0.25) is 4.79 Å². The second-order valence-corrected chi connectivity index (χ2v) is 14.2. The maximum Gasteiger partial charge on any atom is 0.222 e. The number of phenolic OH excluding ortho intramolecular Hbond substituents is 1. The molecule has 5 nitrogen and oxygen atoms in total. The first-order valence-corrected chi connectivity index (χ1v) is 16.7. The predicted octanol–water partition coefficient (Wildman–Crippen LogP) is 8.15. The van der Waals surface area contributed by atoms with Crippen molar-refractivity contribution in [3.63, 3.8) is 0 Å². The number of ether oxygens (including phenoxy) is 1. The number of amides is 1. The fourth-order valence-corrected chi connectivity index (χ4v) is 8.92. The monoisotopic (exact) mass is 587 g/mol. The van der Waals surface area contributed by atoms with Gasteiger partial charge in [0, 0.05) is 25.4 Å². The van der Waals surface area contributed by atoms with Crippen molar-refractivity contribution in [2.45, 2.75) is 115 Å². The average molecular weight is 588 g/mol. The van der Waals surface area contributed by atoms with E-state index in [1.165, 1.54) is 16.7 Å². The lowest BCUT2D eigenvalue weighted by Crippen LogP contribution is -2.53. The van der Waals surface area contributed by atoms with E-state index < -0.39 is 0 Å². The van der Waals surface area contributed by atoms with Crippen LogP contribution < -0.4 is 4.74 Å². The topological polar surface area (TPSA) is 70.0 Å². The highest BCUT2D eigenvalue weighted by Crippen LogP contribution is 2.71. The van der Waals surface area contributed by atoms with Gasteiger partial charge in [-0.1, -0.05) is 50.5 Å². The summed E-state index contributed by atoms with van der Waals surface area (Å²) < 4.78 is 6.13.